The van der Waals surface area contributed by atoms with Crippen molar-refractivity contribution in [3.63, 3.8) is 0 Å². The van der Waals surface area contributed by atoms with Gasteiger partial charge in [-0.15, -0.1) is 0 Å². The van der Waals surface area contributed by atoms with E-state index >= 15 is 0 Å². The molecule has 0 spiro atoms. The van der Waals surface area contributed by atoms with Gasteiger partial charge in [-0.3, -0.25) is 0 Å². The number of aryl methyl sites for hydroxylation is 1. The lowest BCUT2D eigenvalue weighted by Gasteiger charge is -2.17. The first kappa shape index (κ1) is 14.6. The lowest BCUT2D eigenvalue weighted by molar-refractivity contribution is 0.0693. The minimum Gasteiger partial charge on any atom is -0.507 e. The Kier molecular flexibility index (Phi) is 4.76. The van der Waals surface area contributed by atoms with E-state index in [0.717, 1.165) is 31.2 Å². The Labute approximate surface area is 108 Å². The third-order valence-corrected chi connectivity index (χ3v) is 2.93. The van der Waals surface area contributed by atoms with E-state index in [4.69, 9.17) is 5.11 Å². The van der Waals surface area contributed by atoms with Crippen LogP contribution in [0.15, 0.2) is 18.2 Å². The van der Waals surface area contributed by atoms with Gasteiger partial charge in [-0.05, 0) is 42.4 Å². The summed E-state index contributed by atoms with van der Waals surface area (Å²) in [6.07, 6.45) is 4.20. The number of carboxylic acids is 1. The van der Waals surface area contributed by atoms with Crippen LogP contribution in [-0.2, 0) is 6.42 Å². The van der Waals surface area contributed by atoms with E-state index in [-0.39, 0.29) is 11.3 Å². The fraction of sp³-hybridized carbons (Fsp3) is 0.533. The molecule has 0 radical (unpaired) electrons. The van der Waals surface area contributed by atoms with Crippen LogP contribution >= 0.6 is 0 Å². The highest BCUT2D eigenvalue weighted by atomic mass is 16.4. The highest BCUT2D eigenvalue weighted by Crippen LogP contribution is 2.23. The summed E-state index contributed by atoms with van der Waals surface area (Å²) in [5.74, 6) is -1.25. The molecule has 100 valence electrons. The van der Waals surface area contributed by atoms with Gasteiger partial charge in [0.2, 0.25) is 0 Å². The number of hydrogen-bond donors (Lipinski definition) is 2. The molecule has 0 aromatic heterocycles. The van der Waals surface area contributed by atoms with Gasteiger partial charge in [-0.25, -0.2) is 4.79 Å². The number of phenols is 1. The molecule has 2 N–H and O–H groups in total. The van der Waals surface area contributed by atoms with E-state index in [1.165, 1.54) is 6.07 Å². The Hall–Kier alpha value is -1.51. The van der Waals surface area contributed by atoms with Crippen LogP contribution in [0.5, 0.6) is 5.75 Å². The van der Waals surface area contributed by atoms with Crippen molar-refractivity contribution in [1.29, 1.82) is 0 Å². The first-order valence-electron chi connectivity index (χ1n) is 6.35. The van der Waals surface area contributed by atoms with Crippen LogP contribution in [0.3, 0.4) is 0 Å². The van der Waals surface area contributed by atoms with Crippen LogP contribution in [-0.4, -0.2) is 16.2 Å². The highest BCUT2D eigenvalue weighted by Gasteiger charge is 2.11. The van der Waals surface area contributed by atoms with Crippen molar-refractivity contribution >= 4 is 5.97 Å². The molecule has 0 unspecified atom stereocenters. The van der Waals surface area contributed by atoms with E-state index in [2.05, 4.69) is 20.8 Å². The predicted molar refractivity (Wildman–Crippen MR) is 72.1 cm³/mol. The topological polar surface area (TPSA) is 57.5 Å². The first-order valence-corrected chi connectivity index (χ1v) is 6.35. The molecule has 0 amide bonds. The molecule has 1 aromatic carbocycles. The van der Waals surface area contributed by atoms with E-state index in [1.807, 2.05) is 0 Å². The molecule has 1 rings (SSSR count). The summed E-state index contributed by atoms with van der Waals surface area (Å²) in [4.78, 5) is 10.9. The second-order valence-corrected chi connectivity index (χ2v) is 5.92. The SMILES string of the molecule is CC(C)(C)CCCCc1ccc(O)c(C(=O)O)c1. The molecule has 0 saturated carbocycles. The zero-order chi connectivity index (χ0) is 13.8. The third-order valence-electron chi connectivity index (χ3n) is 2.93. The molecule has 0 bridgehead atoms. The smallest absolute Gasteiger partial charge is 0.339 e. The Morgan fingerprint density at radius 3 is 2.44 bits per heavy atom. The fourth-order valence-electron chi connectivity index (χ4n) is 1.89. The van der Waals surface area contributed by atoms with Crippen molar-refractivity contribution < 1.29 is 15.0 Å². The molecule has 0 atom stereocenters. The van der Waals surface area contributed by atoms with E-state index in [0.29, 0.717) is 5.41 Å². The maximum absolute atomic E-state index is 10.9. The molecule has 0 saturated heterocycles. The van der Waals surface area contributed by atoms with Crippen LogP contribution in [0.1, 0.15) is 56.0 Å². The Morgan fingerprint density at radius 2 is 1.89 bits per heavy atom. The maximum atomic E-state index is 10.9. The van der Waals surface area contributed by atoms with Gasteiger partial charge in [0.15, 0.2) is 0 Å². The summed E-state index contributed by atoms with van der Waals surface area (Å²) in [5, 5.41) is 18.3. The first-order chi connectivity index (χ1) is 8.29. The van der Waals surface area contributed by atoms with Crippen LogP contribution in [0.2, 0.25) is 0 Å². The van der Waals surface area contributed by atoms with Crippen LogP contribution in [0.4, 0.5) is 0 Å². The molecule has 1 aromatic rings. The summed E-state index contributed by atoms with van der Waals surface area (Å²) in [6.45, 7) is 6.66. The van der Waals surface area contributed by atoms with E-state index < -0.39 is 5.97 Å². The average Bonchev–Trinajstić information content (AvgIpc) is 2.24. The Morgan fingerprint density at radius 1 is 1.22 bits per heavy atom. The van der Waals surface area contributed by atoms with Gasteiger partial charge in [0.25, 0.3) is 0 Å². The van der Waals surface area contributed by atoms with Crippen molar-refractivity contribution in [2.75, 3.05) is 0 Å². The zero-order valence-electron chi connectivity index (χ0n) is 11.4. The molecular formula is C15H22O3. The van der Waals surface area contributed by atoms with Crippen molar-refractivity contribution in [1.82, 2.24) is 0 Å². The number of carboxylic acid groups (broad SMARTS) is 1. The minimum absolute atomic E-state index is 0.0108. The quantitative estimate of drug-likeness (QED) is 0.780. The summed E-state index contributed by atoms with van der Waals surface area (Å²) in [5.41, 5.74) is 1.31. The molecule has 0 aliphatic carbocycles. The number of unbranched alkanes of at least 4 members (excludes halogenated alkanes) is 1. The number of benzene rings is 1. The molecule has 3 heteroatoms. The normalized spacial score (nSPS) is 11.5. The van der Waals surface area contributed by atoms with Crippen LogP contribution in [0, 0.1) is 5.41 Å². The van der Waals surface area contributed by atoms with Gasteiger partial charge in [-0.1, -0.05) is 33.3 Å². The molecule has 18 heavy (non-hydrogen) atoms. The summed E-state index contributed by atoms with van der Waals surface area (Å²) < 4.78 is 0. The fourth-order valence-corrected chi connectivity index (χ4v) is 1.89. The zero-order valence-corrected chi connectivity index (χ0v) is 11.4. The third kappa shape index (κ3) is 4.78. The van der Waals surface area contributed by atoms with Gasteiger partial charge in [0.1, 0.15) is 11.3 Å². The average molecular weight is 250 g/mol. The summed E-state index contributed by atoms with van der Waals surface area (Å²) in [6, 6.07) is 4.82. The van der Waals surface area contributed by atoms with Gasteiger partial charge >= 0.3 is 5.97 Å². The van der Waals surface area contributed by atoms with E-state index in [1.54, 1.807) is 12.1 Å². The second kappa shape index (κ2) is 5.89. The Bertz CT molecular complexity index is 416. The van der Waals surface area contributed by atoms with Crippen molar-refractivity contribution in [2.24, 2.45) is 5.41 Å². The number of hydrogen-bond acceptors (Lipinski definition) is 2. The van der Waals surface area contributed by atoms with Gasteiger partial charge in [0.05, 0.1) is 0 Å². The molecule has 0 aliphatic rings. The number of aromatic hydroxyl groups is 1. The monoisotopic (exact) mass is 250 g/mol. The Balaban J connectivity index is 2.53. The molecule has 0 heterocycles. The largest absolute Gasteiger partial charge is 0.507 e. The van der Waals surface area contributed by atoms with Crippen molar-refractivity contribution in [3.8, 4) is 5.75 Å². The maximum Gasteiger partial charge on any atom is 0.339 e. The standard InChI is InChI=1S/C15H22O3/c1-15(2,3)9-5-4-6-11-7-8-13(16)12(10-11)14(17)18/h7-8,10,16H,4-6,9H2,1-3H3,(H,17,18). The van der Waals surface area contributed by atoms with E-state index in [9.17, 15) is 9.90 Å². The molecule has 3 nitrogen and oxygen atoms in total. The minimum atomic E-state index is -1.08. The van der Waals surface area contributed by atoms with Crippen LogP contribution < -0.4 is 0 Å². The van der Waals surface area contributed by atoms with Gasteiger partial charge in [-0.2, -0.15) is 0 Å². The number of rotatable bonds is 5. The lowest BCUT2D eigenvalue weighted by Crippen LogP contribution is -2.04. The highest BCUT2D eigenvalue weighted by molar-refractivity contribution is 5.90. The summed E-state index contributed by atoms with van der Waals surface area (Å²) in [7, 11) is 0. The van der Waals surface area contributed by atoms with Gasteiger partial charge < -0.3 is 10.2 Å². The van der Waals surface area contributed by atoms with Crippen molar-refractivity contribution in [2.45, 2.75) is 46.5 Å². The van der Waals surface area contributed by atoms with Gasteiger partial charge in [0, 0.05) is 0 Å². The lowest BCUT2D eigenvalue weighted by atomic mass is 9.89. The molecule has 0 fully saturated rings. The number of carbonyl (C=O) groups is 1. The number of aromatic carboxylic acids is 1. The van der Waals surface area contributed by atoms with Crippen molar-refractivity contribution in [3.05, 3.63) is 29.3 Å². The second-order valence-electron chi connectivity index (χ2n) is 5.92. The predicted octanol–water partition coefficient (Wildman–Crippen LogP) is 3.85. The molecular weight excluding hydrogens is 228 g/mol. The van der Waals surface area contributed by atoms with Crippen LogP contribution in [0.25, 0.3) is 0 Å². The molecule has 0 aliphatic heterocycles. The summed E-state index contributed by atoms with van der Waals surface area (Å²) >= 11 is 0.